The van der Waals surface area contributed by atoms with Crippen LogP contribution in [0.3, 0.4) is 0 Å². The Hall–Kier alpha value is -1.25. The second-order valence-electron chi connectivity index (χ2n) is 2.87. The molecule has 0 radical (unpaired) electrons. The molecule has 0 fully saturated rings. The lowest BCUT2D eigenvalue weighted by molar-refractivity contribution is -0.140. The van der Waals surface area contributed by atoms with Crippen LogP contribution >= 0.6 is 0 Å². The molecule has 0 amide bonds. The third-order valence-electron chi connectivity index (χ3n) is 1.85. The smallest absolute Gasteiger partial charge is 0.310 e. The number of carboxylic acid groups (broad SMARTS) is 1. The second kappa shape index (κ2) is 3.43. The molecule has 66 valence electrons. The molecule has 0 aromatic rings. The molecule has 0 bridgehead atoms. The molecule has 0 saturated carbocycles. The lowest BCUT2D eigenvalue weighted by Gasteiger charge is -2.15. The zero-order chi connectivity index (χ0) is 9.14. The molecular formula is C9H12O3. The first-order chi connectivity index (χ1) is 5.63. The van der Waals surface area contributed by atoms with Crippen molar-refractivity contribution in [2.75, 3.05) is 7.11 Å². The molecule has 0 aromatic carbocycles. The van der Waals surface area contributed by atoms with Crippen LogP contribution in [0.5, 0.6) is 0 Å². The third-order valence-corrected chi connectivity index (χ3v) is 1.85. The average Bonchev–Trinajstić information content (AvgIpc) is 2.03. The van der Waals surface area contributed by atoms with Crippen LogP contribution in [-0.2, 0) is 9.53 Å². The first kappa shape index (κ1) is 8.84. The van der Waals surface area contributed by atoms with Crippen molar-refractivity contribution in [1.82, 2.24) is 0 Å². The van der Waals surface area contributed by atoms with E-state index in [0.29, 0.717) is 6.42 Å². The fraction of sp³-hybridized carbons (Fsp3) is 0.444. The van der Waals surface area contributed by atoms with Gasteiger partial charge >= 0.3 is 5.97 Å². The van der Waals surface area contributed by atoms with Crippen molar-refractivity contribution in [2.45, 2.75) is 13.3 Å². The highest BCUT2D eigenvalue weighted by molar-refractivity contribution is 5.73. The van der Waals surface area contributed by atoms with E-state index < -0.39 is 11.9 Å². The molecule has 1 N–H and O–H groups in total. The summed E-state index contributed by atoms with van der Waals surface area (Å²) in [5.41, 5.74) is 0.950. The molecule has 3 nitrogen and oxygen atoms in total. The Morgan fingerprint density at radius 1 is 1.75 bits per heavy atom. The SMILES string of the molecule is COC1=CC(C)=CC(C(=O)O)C1. The van der Waals surface area contributed by atoms with Crippen molar-refractivity contribution < 1.29 is 14.6 Å². The van der Waals surface area contributed by atoms with Gasteiger partial charge in [-0.15, -0.1) is 0 Å². The second-order valence-corrected chi connectivity index (χ2v) is 2.87. The number of ether oxygens (including phenoxy) is 1. The number of carboxylic acids is 1. The van der Waals surface area contributed by atoms with Crippen LogP contribution in [0.1, 0.15) is 13.3 Å². The average molecular weight is 168 g/mol. The van der Waals surface area contributed by atoms with Crippen molar-refractivity contribution >= 4 is 5.97 Å². The molecule has 0 aromatic heterocycles. The van der Waals surface area contributed by atoms with E-state index in [-0.39, 0.29) is 0 Å². The van der Waals surface area contributed by atoms with Gasteiger partial charge in [0.25, 0.3) is 0 Å². The zero-order valence-corrected chi connectivity index (χ0v) is 7.20. The Labute approximate surface area is 71.3 Å². The Kier molecular flexibility index (Phi) is 2.53. The van der Waals surface area contributed by atoms with Crippen molar-refractivity contribution in [3.63, 3.8) is 0 Å². The van der Waals surface area contributed by atoms with Gasteiger partial charge in [-0.3, -0.25) is 4.79 Å². The maximum Gasteiger partial charge on any atom is 0.310 e. The van der Waals surface area contributed by atoms with Gasteiger partial charge in [-0.25, -0.2) is 0 Å². The monoisotopic (exact) mass is 168 g/mol. The highest BCUT2D eigenvalue weighted by Crippen LogP contribution is 2.22. The van der Waals surface area contributed by atoms with Crippen LogP contribution < -0.4 is 0 Å². The number of rotatable bonds is 2. The fourth-order valence-electron chi connectivity index (χ4n) is 1.25. The Morgan fingerprint density at radius 3 is 2.92 bits per heavy atom. The predicted molar refractivity (Wildman–Crippen MR) is 44.6 cm³/mol. The largest absolute Gasteiger partial charge is 0.501 e. The van der Waals surface area contributed by atoms with Gasteiger partial charge in [-0.05, 0) is 13.0 Å². The number of hydrogen-bond donors (Lipinski definition) is 1. The summed E-state index contributed by atoms with van der Waals surface area (Å²) in [6, 6.07) is 0. The van der Waals surface area contributed by atoms with Crippen molar-refractivity contribution in [3.05, 3.63) is 23.5 Å². The summed E-state index contributed by atoms with van der Waals surface area (Å²) in [5, 5.41) is 8.74. The van der Waals surface area contributed by atoms with E-state index in [2.05, 4.69) is 0 Å². The number of allylic oxidation sites excluding steroid dienone is 3. The zero-order valence-electron chi connectivity index (χ0n) is 7.20. The molecule has 1 atom stereocenters. The summed E-state index contributed by atoms with van der Waals surface area (Å²) < 4.78 is 5.00. The lowest BCUT2D eigenvalue weighted by atomic mass is 9.96. The number of hydrogen-bond acceptors (Lipinski definition) is 2. The molecule has 12 heavy (non-hydrogen) atoms. The lowest BCUT2D eigenvalue weighted by Crippen LogP contribution is -2.15. The van der Waals surface area contributed by atoms with E-state index in [4.69, 9.17) is 9.84 Å². The standard InChI is InChI=1S/C9H12O3/c1-6-3-7(9(10)11)5-8(4-6)12-2/h3-4,7H,5H2,1-2H3,(H,10,11). The third kappa shape index (κ3) is 1.87. The van der Waals surface area contributed by atoms with Crippen molar-refractivity contribution in [1.29, 1.82) is 0 Å². The molecule has 1 aliphatic rings. The number of methoxy groups -OCH3 is 1. The van der Waals surface area contributed by atoms with Crippen LogP contribution in [0.4, 0.5) is 0 Å². The minimum absolute atomic E-state index is 0.426. The van der Waals surface area contributed by atoms with Crippen LogP contribution in [0.2, 0.25) is 0 Å². The Balaban J connectivity index is 2.78. The molecule has 3 heteroatoms. The first-order valence-corrected chi connectivity index (χ1v) is 3.79. The quantitative estimate of drug-likeness (QED) is 0.680. The van der Waals surface area contributed by atoms with Gasteiger partial charge in [0.05, 0.1) is 18.8 Å². The van der Waals surface area contributed by atoms with Gasteiger partial charge in [0.15, 0.2) is 0 Å². The van der Waals surface area contributed by atoms with Gasteiger partial charge in [-0.1, -0.05) is 11.6 Å². The van der Waals surface area contributed by atoms with Gasteiger partial charge in [0, 0.05) is 6.42 Å². The van der Waals surface area contributed by atoms with Crippen LogP contribution in [0.15, 0.2) is 23.5 Å². The number of aliphatic carboxylic acids is 1. The van der Waals surface area contributed by atoms with Crippen molar-refractivity contribution in [3.8, 4) is 0 Å². The maximum atomic E-state index is 10.6. The van der Waals surface area contributed by atoms with Gasteiger partial charge < -0.3 is 9.84 Å². The van der Waals surface area contributed by atoms with Crippen molar-refractivity contribution in [2.24, 2.45) is 5.92 Å². The van der Waals surface area contributed by atoms with E-state index in [1.165, 1.54) is 0 Å². The minimum Gasteiger partial charge on any atom is -0.501 e. The van der Waals surface area contributed by atoms with E-state index >= 15 is 0 Å². The van der Waals surface area contributed by atoms with E-state index in [9.17, 15) is 4.79 Å². The molecule has 0 saturated heterocycles. The first-order valence-electron chi connectivity index (χ1n) is 3.79. The molecule has 1 unspecified atom stereocenters. The molecule has 0 spiro atoms. The van der Waals surface area contributed by atoms with E-state index in [0.717, 1.165) is 11.3 Å². The normalized spacial score (nSPS) is 22.7. The van der Waals surface area contributed by atoms with Gasteiger partial charge in [0.2, 0.25) is 0 Å². The highest BCUT2D eigenvalue weighted by Gasteiger charge is 2.20. The minimum atomic E-state index is -0.794. The summed E-state index contributed by atoms with van der Waals surface area (Å²) >= 11 is 0. The van der Waals surface area contributed by atoms with Gasteiger partial charge in [0.1, 0.15) is 0 Å². The molecule has 0 heterocycles. The summed E-state index contributed by atoms with van der Waals surface area (Å²) in [6.07, 6.45) is 4.06. The van der Waals surface area contributed by atoms with Crippen LogP contribution in [-0.4, -0.2) is 18.2 Å². The van der Waals surface area contributed by atoms with Crippen LogP contribution in [0, 0.1) is 5.92 Å². The predicted octanol–water partition coefficient (Wildman–Crippen LogP) is 1.57. The summed E-state index contributed by atoms with van der Waals surface area (Å²) in [5.74, 6) is -0.482. The topological polar surface area (TPSA) is 46.5 Å². The highest BCUT2D eigenvalue weighted by atomic mass is 16.5. The van der Waals surface area contributed by atoms with Crippen LogP contribution in [0.25, 0.3) is 0 Å². The van der Waals surface area contributed by atoms with Gasteiger partial charge in [-0.2, -0.15) is 0 Å². The van der Waals surface area contributed by atoms with E-state index in [1.807, 2.05) is 13.0 Å². The molecule has 1 rings (SSSR count). The van der Waals surface area contributed by atoms with E-state index in [1.54, 1.807) is 13.2 Å². The number of carbonyl (C=O) groups is 1. The Morgan fingerprint density at radius 2 is 2.42 bits per heavy atom. The molecular weight excluding hydrogens is 156 g/mol. The molecule has 0 aliphatic heterocycles. The maximum absolute atomic E-state index is 10.6. The summed E-state index contributed by atoms with van der Waals surface area (Å²) in [6.45, 7) is 1.87. The fourth-order valence-corrected chi connectivity index (χ4v) is 1.25. The summed E-state index contributed by atoms with van der Waals surface area (Å²) in [7, 11) is 1.56. The Bertz CT molecular complexity index is 250. The molecule has 1 aliphatic carbocycles. The summed E-state index contributed by atoms with van der Waals surface area (Å²) in [4.78, 5) is 10.6.